The molecular formula is C13H17N3O5S. The van der Waals surface area contributed by atoms with Crippen molar-refractivity contribution in [2.75, 3.05) is 13.1 Å². The lowest BCUT2D eigenvalue weighted by Gasteiger charge is -2.32. The molecule has 1 saturated heterocycles. The first kappa shape index (κ1) is 16.4. The molecule has 9 heteroatoms. The number of sulfonamides is 1. The summed E-state index contributed by atoms with van der Waals surface area (Å²) in [5, 5.41) is 13.5. The quantitative estimate of drug-likeness (QED) is 0.652. The molecule has 0 aliphatic carbocycles. The highest BCUT2D eigenvalue weighted by atomic mass is 32.2. The molecule has 0 aromatic heterocycles. The molecule has 1 aromatic carbocycles. The predicted octanol–water partition coefficient (Wildman–Crippen LogP) is 0.884. The Morgan fingerprint density at radius 2 is 2.18 bits per heavy atom. The Kier molecular flexibility index (Phi) is 4.77. The average Bonchev–Trinajstić information content (AvgIpc) is 2.47. The van der Waals surface area contributed by atoms with Gasteiger partial charge in [-0.2, -0.15) is 4.31 Å². The first-order valence-corrected chi connectivity index (χ1v) is 8.26. The van der Waals surface area contributed by atoms with Crippen LogP contribution >= 0.6 is 0 Å². The van der Waals surface area contributed by atoms with Crippen molar-refractivity contribution in [1.29, 1.82) is 0 Å². The molecule has 2 rings (SSSR count). The lowest BCUT2D eigenvalue weighted by molar-refractivity contribution is -0.385. The number of hydrogen-bond acceptors (Lipinski definition) is 5. The van der Waals surface area contributed by atoms with Gasteiger partial charge in [0.1, 0.15) is 0 Å². The Balaban J connectivity index is 2.24. The number of nitro benzene ring substituents is 1. The topological polar surface area (TPSA) is 110 Å². The summed E-state index contributed by atoms with van der Waals surface area (Å²) >= 11 is 0. The van der Waals surface area contributed by atoms with Gasteiger partial charge in [-0.3, -0.25) is 14.9 Å². The van der Waals surface area contributed by atoms with E-state index in [-0.39, 0.29) is 29.1 Å². The second-order valence-corrected chi connectivity index (χ2v) is 7.10. The average molecular weight is 327 g/mol. The van der Waals surface area contributed by atoms with E-state index in [1.54, 1.807) is 0 Å². The van der Waals surface area contributed by atoms with Gasteiger partial charge in [0.05, 0.1) is 9.82 Å². The maximum Gasteiger partial charge on any atom is 0.270 e. The zero-order chi connectivity index (χ0) is 16.3. The third kappa shape index (κ3) is 3.60. The molecule has 0 saturated carbocycles. The number of nitrogens with one attached hydrogen (secondary N) is 1. The number of carbonyl (C=O) groups is 1. The van der Waals surface area contributed by atoms with Gasteiger partial charge in [-0.05, 0) is 18.9 Å². The number of benzene rings is 1. The van der Waals surface area contributed by atoms with E-state index in [1.807, 2.05) is 0 Å². The molecule has 1 atom stereocenters. The van der Waals surface area contributed by atoms with E-state index in [0.717, 1.165) is 6.07 Å². The molecule has 120 valence electrons. The Morgan fingerprint density at radius 3 is 2.82 bits per heavy atom. The van der Waals surface area contributed by atoms with Gasteiger partial charge < -0.3 is 5.32 Å². The van der Waals surface area contributed by atoms with E-state index in [9.17, 15) is 23.3 Å². The maximum absolute atomic E-state index is 12.6. The summed E-state index contributed by atoms with van der Waals surface area (Å²) in [6.07, 6.45) is 1.33. The fourth-order valence-electron chi connectivity index (χ4n) is 2.47. The fraction of sp³-hybridized carbons (Fsp3) is 0.462. The third-order valence-corrected chi connectivity index (χ3v) is 5.32. The van der Waals surface area contributed by atoms with Gasteiger partial charge in [-0.1, -0.05) is 6.07 Å². The Bertz CT molecular complexity index is 689. The van der Waals surface area contributed by atoms with Crippen molar-refractivity contribution in [3.05, 3.63) is 34.4 Å². The van der Waals surface area contributed by atoms with Gasteiger partial charge in [-0.25, -0.2) is 8.42 Å². The molecule has 1 aromatic rings. The van der Waals surface area contributed by atoms with Gasteiger partial charge in [-0.15, -0.1) is 0 Å². The Morgan fingerprint density at radius 1 is 1.45 bits per heavy atom. The highest BCUT2D eigenvalue weighted by Gasteiger charge is 2.31. The summed E-state index contributed by atoms with van der Waals surface area (Å²) in [4.78, 5) is 21.1. The standard InChI is InChI=1S/C13H17N3O5S/c1-10(17)14-11-4-3-7-15(9-11)22(20,21)13-6-2-5-12(8-13)16(18)19/h2,5-6,8,11H,3-4,7,9H2,1H3,(H,14,17)/t11-/m0/s1. The molecule has 22 heavy (non-hydrogen) atoms. The van der Waals surface area contributed by atoms with Crippen LogP contribution in [0.1, 0.15) is 19.8 Å². The van der Waals surface area contributed by atoms with E-state index in [2.05, 4.69) is 5.32 Å². The van der Waals surface area contributed by atoms with Crippen molar-refractivity contribution < 1.29 is 18.1 Å². The number of piperidine rings is 1. The van der Waals surface area contributed by atoms with Gasteiger partial charge in [0.2, 0.25) is 15.9 Å². The summed E-state index contributed by atoms with van der Waals surface area (Å²) < 4.78 is 26.4. The van der Waals surface area contributed by atoms with Crippen LogP contribution in [0.3, 0.4) is 0 Å². The van der Waals surface area contributed by atoms with Crippen LogP contribution in [-0.2, 0) is 14.8 Å². The van der Waals surface area contributed by atoms with Crippen LogP contribution in [0.2, 0.25) is 0 Å². The number of hydrogen-bond donors (Lipinski definition) is 1. The van der Waals surface area contributed by atoms with Crippen LogP contribution in [0.4, 0.5) is 5.69 Å². The summed E-state index contributed by atoms with van der Waals surface area (Å²) in [7, 11) is -3.81. The second-order valence-electron chi connectivity index (χ2n) is 5.16. The number of non-ortho nitro benzene ring substituents is 1. The zero-order valence-corrected chi connectivity index (χ0v) is 12.9. The number of amides is 1. The molecule has 0 spiro atoms. The maximum atomic E-state index is 12.6. The van der Waals surface area contributed by atoms with Gasteiger partial charge >= 0.3 is 0 Å². The van der Waals surface area contributed by atoms with Crippen molar-refractivity contribution >= 4 is 21.6 Å². The van der Waals surface area contributed by atoms with Crippen LogP contribution in [0.25, 0.3) is 0 Å². The molecule has 1 N–H and O–H groups in total. The monoisotopic (exact) mass is 327 g/mol. The second kappa shape index (κ2) is 6.41. The zero-order valence-electron chi connectivity index (χ0n) is 12.1. The lowest BCUT2D eigenvalue weighted by atomic mass is 10.1. The van der Waals surface area contributed by atoms with E-state index < -0.39 is 14.9 Å². The minimum absolute atomic E-state index is 0.106. The molecule has 1 aliphatic rings. The van der Waals surface area contributed by atoms with Crippen LogP contribution in [0.5, 0.6) is 0 Å². The van der Waals surface area contributed by atoms with Gasteiger partial charge in [0, 0.05) is 38.2 Å². The molecule has 0 radical (unpaired) electrons. The predicted molar refractivity (Wildman–Crippen MR) is 78.7 cm³/mol. The minimum Gasteiger partial charge on any atom is -0.352 e. The summed E-state index contributed by atoms with van der Waals surface area (Å²) in [5.41, 5.74) is -0.267. The molecule has 0 bridgehead atoms. The lowest BCUT2D eigenvalue weighted by Crippen LogP contribution is -2.49. The number of carbonyl (C=O) groups excluding carboxylic acids is 1. The van der Waals surface area contributed by atoms with Crippen LogP contribution in [-0.4, -0.2) is 42.7 Å². The van der Waals surface area contributed by atoms with E-state index in [1.165, 1.54) is 29.4 Å². The Hall–Kier alpha value is -2.00. The summed E-state index contributed by atoms with van der Waals surface area (Å²) in [5.74, 6) is -0.209. The number of nitrogens with zero attached hydrogens (tertiary/aromatic N) is 2. The highest BCUT2D eigenvalue weighted by Crippen LogP contribution is 2.23. The summed E-state index contributed by atoms with van der Waals surface area (Å²) in [6, 6.07) is 4.75. The molecule has 1 amide bonds. The van der Waals surface area contributed by atoms with E-state index >= 15 is 0 Å². The van der Waals surface area contributed by atoms with E-state index in [0.29, 0.717) is 19.4 Å². The molecule has 1 fully saturated rings. The van der Waals surface area contributed by atoms with E-state index in [4.69, 9.17) is 0 Å². The van der Waals surface area contributed by atoms with Gasteiger partial charge in [0.25, 0.3) is 5.69 Å². The molecule has 8 nitrogen and oxygen atoms in total. The normalized spacial score (nSPS) is 19.6. The van der Waals surface area contributed by atoms with Crippen molar-refractivity contribution in [1.82, 2.24) is 9.62 Å². The van der Waals surface area contributed by atoms with Gasteiger partial charge in [0.15, 0.2) is 0 Å². The first-order chi connectivity index (χ1) is 10.3. The van der Waals surface area contributed by atoms with Crippen molar-refractivity contribution in [2.45, 2.75) is 30.7 Å². The minimum atomic E-state index is -3.81. The smallest absolute Gasteiger partial charge is 0.270 e. The highest BCUT2D eigenvalue weighted by molar-refractivity contribution is 7.89. The number of nitro groups is 1. The SMILES string of the molecule is CC(=O)N[C@H]1CCCN(S(=O)(=O)c2cccc([N+](=O)[O-])c2)C1. The first-order valence-electron chi connectivity index (χ1n) is 6.82. The molecule has 1 aliphatic heterocycles. The fourth-order valence-corrected chi connectivity index (χ4v) is 4.04. The third-order valence-electron chi connectivity index (χ3n) is 3.46. The largest absolute Gasteiger partial charge is 0.352 e. The van der Waals surface area contributed by atoms with Crippen LogP contribution < -0.4 is 5.32 Å². The van der Waals surface area contributed by atoms with Crippen molar-refractivity contribution in [2.24, 2.45) is 0 Å². The molecule has 0 unspecified atom stereocenters. The molecule has 1 heterocycles. The van der Waals surface area contributed by atoms with Crippen LogP contribution in [0, 0.1) is 10.1 Å². The Labute approximate surface area is 128 Å². The molecular weight excluding hydrogens is 310 g/mol. The van der Waals surface area contributed by atoms with Crippen LogP contribution in [0.15, 0.2) is 29.2 Å². The van der Waals surface area contributed by atoms with Crippen molar-refractivity contribution in [3.63, 3.8) is 0 Å². The number of rotatable bonds is 4. The van der Waals surface area contributed by atoms with Crippen molar-refractivity contribution in [3.8, 4) is 0 Å². The summed E-state index contributed by atoms with van der Waals surface area (Å²) in [6.45, 7) is 1.89.